The number of ketones is 1. The molecule has 42 heavy (non-hydrogen) atoms. The molecule has 0 saturated heterocycles. The fraction of sp³-hybridized carbons (Fsp3) is 0.806. The van der Waals surface area contributed by atoms with Gasteiger partial charge in [-0.1, -0.05) is 122 Å². The van der Waals surface area contributed by atoms with E-state index in [-0.39, 0.29) is 12.2 Å². The molecule has 0 aliphatic rings. The summed E-state index contributed by atoms with van der Waals surface area (Å²) in [6.07, 6.45) is 34.2. The molecule has 0 aliphatic carbocycles. The van der Waals surface area contributed by atoms with Gasteiger partial charge in [0.15, 0.2) is 0 Å². The number of aliphatic hydroxyl groups excluding tert-OH is 1. The topological polar surface area (TPSA) is 112 Å². The number of Topliss-reactive ketones (excluding diaryl/α,β-unsaturated/α-hetero) is 1. The van der Waals surface area contributed by atoms with E-state index in [1.165, 1.54) is 64.2 Å². The molecule has 0 bridgehead atoms. The van der Waals surface area contributed by atoms with Gasteiger partial charge in [-0.2, -0.15) is 0 Å². The van der Waals surface area contributed by atoms with Gasteiger partial charge in [-0.3, -0.25) is 14.4 Å². The number of unbranched alkanes of at least 4 members (excludes halogenated alkanes) is 16. The van der Waals surface area contributed by atoms with Gasteiger partial charge in [0.2, 0.25) is 0 Å². The van der Waals surface area contributed by atoms with Crippen molar-refractivity contribution < 1.29 is 29.7 Å². The Kier molecular flexibility index (Phi) is 35.4. The highest BCUT2D eigenvalue weighted by Crippen LogP contribution is 2.13. The van der Waals surface area contributed by atoms with Crippen LogP contribution in [-0.2, 0) is 14.4 Å². The zero-order valence-electron chi connectivity index (χ0n) is 27.3. The Morgan fingerprint density at radius 3 is 1.31 bits per heavy atom. The summed E-state index contributed by atoms with van der Waals surface area (Å²) in [5.74, 6) is -1.14. The molecule has 0 amide bonds. The molecular formula is C36H66O6. The molecule has 0 spiro atoms. The minimum atomic E-state index is -0.724. The summed E-state index contributed by atoms with van der Waals surface area (Å²) in [7, 11) is 0. The number of aliphatic carboxylic acids is 2. The van der Waals surface area contributed by atoms with Crippen LogP contribution in [0.1, 0.15) is 181 Å². The molecule has 246 valence electrons. The predicted octanol–water partition coefficient (Wildman–Crippen LogP) is 10.4. The summed E-state index contributed by atoms with van der Waals surface area (Å²) >= 11 is 0. The monoisotopic (exact) mass is 594 g/mol. The highest BCUT2D eigenvalue weighted by atomic mass is 16.4. The lowest BCUT2D eigenvalue weighted by Gasteiger charge is -2.07. The molecule has 0 heterocycles. The first-order valence-corrected chi connectivity index (χ1v) is 17.3. The predicted molar refractivity (Wildman–Crippen MR) is 176 cm³/mol. The first-order valence-electron chi connectivity index (χ1n) is 17.3. The summed E-state index contributed by atoms with van der Waals surface area (Å²) in [5, 5.41) is 26.7. The molecule has 3 N–H and O–H groups in total. The van der Waals surface area contributed by atoms with Crippen molar-refractivity contribution in [1.29, 1.82) is 0 Å². The summed E-state index contributed by atoms with van der Waals surface area (Å²) in [6.45, 7) is 4.24. The van der Waals surface area contributed by atoms with Crippen molar-refractivity contribution in [2.75, 3.05) is 0 Å². The summed E-state index contributed by atoms with van der Waals surface area (Å²) in [5.41, 5.74) is 0. The van der Waals surface area contributed by atoms with Gasteiger partial charge < -0.3 is 15.3 Å². The number of carboxylic acid groups (broad SMARTS) is 2. The van der Waals surface area contributed by atoms with Gasteiger partial charge in [0.1, 0.15) is 5.78 Å². The standard InChI is InChI=1S/C18H32O4.C18H34O2/c1-2-3-8-11-16(19)14-15-17(20)12-9-6-4-5-7-10-13-18(21)22;1-2-3-4-5-6-7-8-9-10-11-12-13-14-15-16-17-18(19)20/h3,8,16,19H,2,4-7,9-15H2,1H3,(H,21,22);3-4H,2,5-17H2,1H3,(H,19,20)/b8-3-;4-3-. The Hall–Kier alpha value is -1.95. The third-order valence-corrected chi connectivity index (χ3v) is 7.33. The molecule has 0 fully saturated rings. The van der Waals surface area contributed by atoms with Gasteiger partial charge in [-0.15, -0.1) is 0 Å². The maximum atomic E-state index is 11.7. The molecule has 0 aromatic carbocycles. The van der Waals surface area contributed by atoms with Crippen molar-refractivity contribution >= 4 is 17.7 Å². The van der Waals surface area contributed by atoms with Crippen molar-refractivity contribution in [2.24, 2.45) is 0 Å². The van der Waals surface area contributed by atoms with Crippen LogP contribution in [0, 0.1) is 0 Å². The van der Waals surface area contributed by atoms with Gasteiger partial charge in [0.25, 0.3) is 0 Å². The fourth-order valence-corrected chi connectivity index (χ4v) is 4.71. The van der Waals surface area contributed by atoms with Crippen molar-refractivity contribution in [3.05, 3.63) is 24.3 Å². The highest BCUT2D eigenvalue weighted by Gasteiger charge is 2.07. The number of hydrogen-bond donors (Lipinski definition) is 3. The smallest absolute Gasteiger partial charge is 0.303 e. The normalized spacial score (nSPS) is 12.0. The molecule has 0 aromatic heterocycles. The second kappa shape index (κ2) is 35.2. The van der Waals surface area contributed by atoms with Crippen LogP contribution in [0.4, 0.5) is 0 Å². The SMILES string of the molecule is CC/C=C\CC(O)CCC(=O)CCCCCCCCC(=O)O.CC/C=C\CCCCCCCCCCCCCC(=O)O. The Balaban J connectivity index is 0. The van der Waals surface area contributed by atoms with Gasteiger partial charge in [0.05, 0.1) is 6.10 Å². The minimum Gasteiger partial charge on any atom is -0.481 e. The van der Waals surface area contributed by atoms with Gasteiger partial charge >= 0.3 is 11.9 Å². The quantitative estimate of drug-likeness (QED) is 0.0563. The van der Waals surface area contributed by atoms with Crippen LogP contribution in [0.5, 0.6) is 0 Å². The molecule has 1 atom stereocenters. The first kappa shape index (κ1) is 42.2. The zero-order chi connectivity index (χ0) is 31.5. The first-order chi connectivity index (χ1) is 20.3. The number of rotatable bonds is 30. The van der Waals surface area contributed by atoms with E-state index >= 15 is 0 Å². The van der Waals surface area contributed by atoms with Crippen LogP contribution in [0.2, 0.25) is 0 Å². The Labute approximate surface area is 258 Å². The van der Waals surface area contributed by atoms with Crippen LogP contribution in [0.25, 0.3) is 0 Å². The molecule has 6 heteroatoms. The van der Waals surface area contributed by atoms with Crippen molar-refractivity contribution in [3.63, 3.8) is 0 Å². The minimum absolute atomic E-state index is 0.240. The number of carbonyl (C=O) groups excluding carboxylic acids is 1. The molecule has 0 saturated carbocycles. The van der Waals surface area contributed by atoms with E-state index in [1.807, 2.05) is 12.2 Å². The van der Waals surface area contributed by atoms with E-state index in [2.05, 4.69) is 26.0 Å². The molecule has 0 aromatic rings. The lowest BCUT2D eigenvalue weighted by Crippen LogP contribution is -2.08. The van der Waals surface area contributed by atoms with Crippen molar-refractivity contribution in [2.45, 2.75) is 187 Å². The van der Waals surface area contributed by atoms with Crippen LogP contribution >= 0.6 is 0 Å². The number of carbonyl (C=O) groups is 3. The zero-order valence-corrected chi connectivity index (χ0v) is 27.3. The molecule has 6 nitrogen and oxygen atoms in total. The Morgan fingerprint density at radius 1 is 0.500 bits per heavy atom. The molecule has 1 unspecified atom stereocenters. The Bertz CT molecular complexity index is 670. The number of allylic oxidation sites excluding steroid dienone is 3. The number of carboxylic acids is 2. The lowest BCUT2D eigenvalue weighted by atomic mass is 10.0. The van der Waals surface area contributed by atoms with Gasteiger partial charge in [0, 0.05) is 25.7 Å². The number of aliphatic hydroxyl groups is 1. The maximum Gasteiger partial charge on any atom is 0.303 e. The second-order valence-corrected chi connectivity index (χ2v) is 11.6. The third-order valence-electron chi connectivity index (χ3n) is 7.33. The summed E-state index contributed by atoms with van der Waals surface area (Å²) in [4.78, 5) is 32.4. The van der Waals surface area contributed by atoms with E-state index in [4.69, 9.17) is 10.2 Å². The van der Waals surface area contributed by atoms with Crippen LogP contribution in [0.15, 0.2) is 24.3 Å². The van der Waals surface area contributed by atoms with Crippen molar-refractivity contribution in [1.82, 2.24) is 0 Å². The van der Waals surface area contributed by atoms with E-state index in [0.717, 1.165) is 64.2 Å². The van der Waals surface area contributed by atoms with Crippen LogP contribution in [0.3, 0.4) is 0 Å². The number of hydrogen-bond acceptors (Lipinski definition) is 4. The average Bonchev–Trinajstić information content (AvgIpc) is 2.95. The highest BCUT2D eigenvalue weighted by molar-refractivity contribution is 5.78. The van der Waals surface area contributed by atoms with Crippen molar-refractivity contribution in [3.8, 4) is 0 Å². The van der Waals surface area contributed by atoms with Crippen LogP contribution < -0.4 is 0 Å². The average molecular weight is 595 g/mol. The van der Waals surface area contributed by atoms with Crippen LogP contribution in [-0.4, -0.2) is 39.1 Å². The third kappa shape index (κ3) is 40.2. The second-order valence-electron chi connectivity index (χ2n) is 11.6. The molecule has 0 rings (SSSR count). The van der Waals surface area contributed by atoms with E-state index in [1.54, 1.807) is 0 Å². The van der Waals surface area contributed by atoms with Gasteiger partial charge in [-0.05, 0) is 57.8 Å². The van der Waals surface area contributed by atoms with E-state index < -0.39 is 18.0 Å². The van der Waals surface area contributed by atoms with Gasteiger partial charge in [-0.25, -0.2) is 0 Å². The molecular weight excluding hydrogens is 528 g/mol. The maximum absolute atomic E-state index is 11.7. The fourth-order valence-electron chi connectivity index (χ4n) is 4.71. The largest absolute Gasteiger partial charge is 0.481 e. The Morgan fingerprint density at radius 2 is 0.881 bits per heavy atom. The van der Waals surface area contributed by atoms with E-state index in [9.17, 15) is 19.5 Å². The lowest BCUT2D eigenvalue weighted by molar-refractivity contribution is -0.138. The summed E-state index contributed by atoms with van der Waals surface area (Å²) in [6, 6.07) is 0. The summed E-state index contributed by atoms with van der Waals surface area (Å²) < 4.78 is 0. The molecule has 0 radical (unpaired) electrons. The molecule has 0 aliphatic heterocycles. The van der Waals surface area contributed by atoms with E-state index in [0.29, 0.717) is 32.1 Å².